The molecule has 1 N–H and O–H groups in total. The lowest BCUT2D eigenvalue weighted by atomic mass is 10.00. The SMILES string of the molecule is COc1ccc(OCCNN2C(C)CCCC2C)cc1. The largest absolute Gasteiger partial charge is 0.497 e. The van der Waals surface area contributed by atoms with Crippen LogP contribution in [0.4, 0.5) is 0 Å². The summed E-state index contributed by atoms with van der Waals surface area (Å²) in [6.07, 6.45) is 3.89. The molecule has 1 aliphatic heterocycles. The molecule has 0 radical (unpaired) electrons. The summed E-state index contributed by atoms with van der Waals surface area (Å²) in [7, 11) is 1.67. The van der Waals surface area contributed by atoms with Gasteiger partial charge in [-0.2, -0.15) is 0 Å². The van der Waals surface area contributed by atoms with Crippen molar-refractivity contribution in [3.8, 4) is 11.5 Å². The van der Waals surface area contributed by atoms with E-state index in [1.807, 2.05) is 24.3 Å². The normalized spacial score (nSPS) is 23.6. The average Bonchev–Trinajstić information content (AvgIpc) is 2.46. The van der Waals surface area contributed by atoms with E-state index in [-0.39, 0.29) is 0 Å². The smallest absolute Gasteiger partial charge is 0.119 e. The van der Waals surface area contributed by atoms with Gasteiger partial charge in [-0.3, -0.25) is 5.43 Å². The summed E-state index contributed by atoms with van der Waals surface area (Å²) in [4.78, 5) is 0. The van der Waals surface area contributed by atoms with E-state index in [0.717, 1.165) is 18.0 Å². The molecule has 1 heterocycles. The average molecular weight is 278 g/mol. The number of nitrogens with zero attached hydrogens (tertiary/aromatic N) is 1. The van der Waals surface area contributed by atoms with Crippen LogP contribution in [0.2, 0.25) is 0 Å². The second kappa shape index (κ2) is 7.50. The standard InChI is InChI=1S/C16H26N2O2/c1-13-5-4-6-14(2)18(13)17-11-12-20-16-9-7-15(19-3)8-10-16/h7-10,13-14,17H,4-6,11-12H2,1-3H3. The maximum Gasteiger partial charge on any atom is 0.119 e. The summed E-state index contributed by atoms with van der Waals surface area (Å²) in [5.41, 5.74) is 3.50. The molecule has 0 saturated carbocycles. The molecular formula is C16H26N2O2. The highest BCUT2D eigenvalue weighted by Crippen LogP contribution is 2.20. The number of methoxy groups -OCH3 is 1. The molecule has 0 spiro atoms. The summed E-state index contributed by atoms with van der Waals surface area (Å²) in [6, 6.07) is 8.92. The van der Waals surface area contributed by atoms with Gasteiger partial charge in [-0.15, -0.1) is 0 Å². The Balaban J connectivity index is 1.70. The Labute approximate surface area is 122 Å². The molecule has 1 aliphatic rings. The van der Waals surface area contributed by atoms with Crippen LogP contribution >= 0.6 is 0 Å². The summed E-state index contributed by atoms with van der Waals surface area (Å²) in [6.45, 7) is 6.07. The molecule has 1 fully saturated rings. The van der Waals surface area contributed by atoms with Gasteiger partial charge in [0.05, 0.1) is 7.11 Å². The van der Waals surface area contributed by atoms with Crippen LogP contribution < -0.4 is 14.9 Å². The van der Waals surface area contributed by atoms with Gasteiger partial charge in [0.25, 0.3) is 0 Å². The number of piperidine rings is 1. The maximum absolute atomic E-state index is 5.72. The second-order valence-corrected chi connectivity index (χ2v) is 5.47. The number of rotatable bonds is 6. The highest BCUT2D eigenvalue weighted by atomic mass is 16.5. The van der Waals surface area contributed by atoms with Gasteiger partial charge in [0.1, 0.15) is 18.1 Å². The van der Waals surface area contributed by atoms with Gasteiger partial charge >= 0.3 is 0 Å². The van der Waals surface area contributed by atoms with Crippen molar-refractivity contribution < 1.29 is 9.47 Å². The zero-order valence-corrected chi connectivity index (χ0v) is 12.8. The molecule has 0 aliphatic carbocycles. The van der Waals surface area contributed by atoms with Gasteiger partial charge in [0.2, 0.25) is 0 Å². The predicted molar refractivity (Wildman–Crippen MR) is 81.1 cm³/mol. The molecule has 2 unspecified atom stereocenters. The first-order valence-electron chi connectivity index (χ1n) is 7.49. The second-order valence-electron chi connectivity index (χ2n) is 5.47. The Kier molecular flexibility index (Phi) is 5.68. The quantitative estimate of drug-likeness (QED) is 0.811. The van der Waals surface area contributed by atoms with Crippen LogP contribution in [0.3, 0.4) is 0 Å². The zero-order chi connectivity index (χ0) is 14.4. The molecule has 1 saturated heterocycles. The Bertz CT molecular complexity index is 384. The lowest BCUT2D eigenvalue weighted by Crippen LogP contribution is -2.52. The van der Waals surface area contributed by atoms with Crippen LogP contribution in [0.5, 0.6) is 11.5 Å². The molecule has 2 atom stereocenters. The third-order valence-corrected chi connectivity index (χ3v) is 3.92. The fraction of sp³-hybridized carbons (Fsp3) is 0.625. The van der Waals surface area contributed by atoms with Crippen molar-refractivity contribution in [2.45, 2.75) is 45.2 Å². The van der Waals surface area contributed by atoms with Crippen LogP contribution in [0.1, 0.15) is 33.1 Å². The molecule has 4 heteroatoms. The van der Waals surface area contributed by atoms with Crippen molar-refractivity contribution in [1.29, 1.82) is 0 Å². The van der Waals surface area contributed by atoms with Gasteiger partial charge < -0.3 is 9.47 Å². The predicted octanol–water partition coefficient (Wildman–Crippen LogP) is 2.84. The van der Waals surface area contributed by atoms with E-state index >= 15 is 0 Å². The molecule has 1 aromatic carbocycles. The molecule has 4 nitrogen and oxygen atoms in total. The van der Waals surface area contributed by atoms with Gasteiger partial charge in [-0.1, -0.05) is 6.42 Å². The van der Waals surface area contributed by atoms with Gasteiger partial charge in [-0.25, -0.2) is 5.01 Å². The number of nitrogens with one attached hydrogen (secondary N) is 1. The summed E-state index contributed by atoms with van der Waals surface area (Å²) >= 11 is 0. The van der Waals surface area contributed by atoms with E-state index in [9.17, 15) is 0 Å². The molecule has 0 bridgehead atoms. The number of hydrazine groups is 1. The number of hydrogen-bond donors (Lipinski definition) is 1. The number of ether oxygens (including phenoxy) is 2. The fourth-order valence-electron chi connectivity index (χ4n) is 2.75. The Morgan fingerprint density at radius 1 is 1.10 bits per heavy atom. The van der Waals surface area contributed by atoms with Crippen molar-refractivity contribution in [2.75, 3.05) is 20.3 Å². The van der Waals surface area contributed by atoms with Crippen LogP contribution in [0.15, 0.2) is 24.3 Å². The van der Waals surface area contributed by atoms with Gasteiger partial charge in [0.15, 0.2) is 0 Å². The topological polar surface area (TPSA) is 33.7 Å². The lowest BCUT2D eigenvalue weighted by molar-refractivity contribution is 0.0417. The first-order chi connectivity index (χ1) is 9.70. The van der Waals surface area contributed by atoms with Crippen molar-refractivity contribution in [3.05, 3.63) is 24.3 Å². The third kappa shape index (κ3) is 4.12. The Morgan fingerprint density at radius 2 is 1.70 bits per heavy atom. The lowest BCUT2D eigenvalue weighted by Gasteiger charge is -2.39. The van der Waals surface area contributed by atoms with E-state index < -0.39 is 0 Å². The molecule has 0 amide bonds. The minimum atomic E-state index is 0.611. The van der Waals surface area contributed by atoms with Crippen LogP contribution in [0, 0.1) is 0 Å². The summed E-state index contributed by atoms with van der Waals surface area (Å²) in [5.74, 6) is 1.73. The first kappa shape index (κ1) is 15.1. The summed E-state index contributed by atoms with van der Waals surface area (Å²) in [5, 5.41) is 2.38. The van der Waals surface area contributed by atoms with E-state index in [2.05, 4.69) is 24.3 Å². The first-order valence-corrected chi connectivity index (χ1v) is 7.49. The maximum atomic E-state index is 5.72. The van der Waals surface area contributed by atoms with E-state index in [1.165, 1.54) is 19.3 Å². The minimum absolute atomic E-state index is 0.611. The molecule has 20 heavy (non-hydrogen) atoms. The monoisotopic (exact) mass is 278 g/mol. The molecule has 1 aromatic rings. The number of benzene rings is 1. The van der Waals surface area contributed by atoms with Crippen molar-refractivity contribution in [3.63, 3.8) is 0 Å². The Morgan fingerprint density at radius 3 is 2.30 bits per heavy atom. The molecular weight excluding hydrogens is 252 g/mol. The fourth-order valence-corrected chi connectivity index (χ4v) is 2.75. The molecule has 2 rings (SSSR count). The van der Waals surface area contributed by atoms with Gasteiger partial charge in [0, 0.05) is 18.6 Å². The van der Waals surface area contributed by atoms with Crippen LogP contribution in [-0.2, 0) is 0 Å². The van der Waals surface area contributed by atoms with Crippen molar-refractivity contribution in [1.82, 2.24) is 10.4 Å². The van der Waals surface area contributed by atoms with E-state index in [4.69, 9.17) is 9.47 Å². The minimum Gasteiger partial charge on any atom is -0.497 e. The molecule has 0 aromatic heterocycles. The van der Waals surface area contributed by atoms with Crippen molar-refractivity contribution >= 4 is 0 Å². The van der Waals surface area contributed by atoms with Crippen LogP contribution in [0.25, 0.3) is 0 Å². The highest BCUT2D eigenvalue weighted by Gasteiger charge is 2.23. The number of hydrogen-bond acceptors (Lipinski definition) is 4. The van der Waals surface area contributed by atoms with Crippen molar-refractivity contribution in [2.24, 2.45) is 0 Å². The Hall–Kier alpha value is -1.26. The molecule has 112 valence electrons. The summed E-state index contributed by atoms with van der Waals surface area (Å²) < 4.78 is 10.8. The van der Waals surface area contributed by atoms with Gasteiger partial charge in [-0.05, 0) is 51.0 Å². The van der Waals surface area contributed by atoms with Crippen LogP contribution in [-0.4, -0.2) is 37.4 Å². The third-order valence-electron chi connectivity index (χ3n) is 3.92. The van der Waals surface area contributed by atoms with E-state index in [0.29, 0.717) is 18.7 Å². The highest BCUT2D eigenvalue weighted by molar-refractivity contribution is 5.31. The zero-order valence-electron chi connectivity index (χ0n) is 12.8. The van der Waals surface area contributed by atoms with E-state index in [1.54, 1.807) is 7.11 Å².